The highest BCUT2D eigenvalue weighted by Crippen LogP contribution is 2.21. The van der Waals surface area contributed by atoms with E-state index in [1.54, 1.807) is 0 Å². The maximum atomic E-state index is 12.7. The van der Waals surface area contributed by atoms with Crippen LogP contribution < -0.4 is 15.8 Å². The Hall–Kier alpha value is -2.78. The van der Waals surface area contributed by atoms with Gasteiger partial charge in [0.05, 0.1) is 13.2 Å². The molecule has 3 aromatic rings. The van der Waals surface area contributed by atoms with Gasteiger partial charge in [-0.15, -0.1) is 5.10 Å². The van der Waals surface area contributed by atoms with Crippen LogP contribution in [0.3, 0.4) is 0 Å². The number of carbonyl (C=O) groups is 1. The van der Waals surface area contributed by atoms with Crippen LogP contribution in [-0.2, 0) is 11.2 Å². The molecule has 0 unspecified atom stereocenters. The molecule has 0 bridgehead atoms. The maximum Gasteiger partial charge on any atom is 0.288 e. The van der Waals surface area contributed by atoms with Gasteiger partial charge < -0.3 is 15.0 Å². The molecule has 28 heavy (non-hydrogen) atoms. The largest absolute Gasteiger partial charge is 0.378 e. The van der Waals surface area contributed by atoms with Crippen molar-refractivity contribution in [2.24, 2.45) is 0 Å². The summed E-state index contributed by atoms with van der Waals surface area (Å²) in [4.78, 5) is 31.9. The summed E-state index contributed by atoms with van der Waals surface area (Å²) >= 11 is 1.34. The van der Waals surface area contributed by atoms with Gasteiger partial charge in [0.2, 0.25) is 10.1 Å². The molecule has 4 rings (SSSR count). The molecule has 1 amide bonds. The van der Waals surface area contributed by atoms with E-state index in [1.165, 1.54) is 27.6 Å². The first-order valence-electron chi connectivity index (χ1n) is 9.26. The summed E-state index contributed by atoms with van der Waals surface area (Å²) in [6, 6.07) is 10.1. The van der Waals surface area contributed by atoms with Crippen LogP contribution in [0.25, 0.3) is 4.96 Å². The van der Waals surface area contributed by atoms with E-state index in [0.29, 0.717) is 29.9 Å². The molecule has 3 heterocycles. The molecule has 1 aromatic carbocycles. The number of ether oxygens (including phenoxy) is 1. The quantitative estimate of drug-likeness (QED) is 0.630. The van der Waals surface area contributed by atoms with Crippen molar-refractivity contribution in [3.63, 3.8) is 0 Å². The van der Waals surface area contributed by atoms with E-state index in [1.807, 2.05) is 18.2 Å². The number of morpholine rings is 1. The van der Waals surface area contributed by atoms with Gasteiger partial charge in [-0.1, -0.05) is 41.7 Å². The molecule has 0 atom stereocenters. The van der Waals surface area contributed by atoms with Crippen LogP contribution in [0.2, 0.25) is 0 Å². The van der Waals surface area contributed by atoms with E-state index in [9.17, 15) is 9.59 Å². The summed E-state index contributed by atoms with van der Waals surface area (Å²) < 4.78 is 6.56. The third kappa shape index (κ3) is 4.05. The number of carbonyl (C=O) groups excluding carboxylic acids is 1. The van der Waals surface area contributed by atoms with Crippen molar-refractivity contribution >= 4 is 27.3 Å². The molecule has 9 heteroatoms. The first-order chi connectivity index (χ1) is 13.7. The van der Waals surface area contributed by atoms with E-state index in [4.69, 9.17) is 4.74 Å². The third-order valence-electron chi connectivity index (χ3n) is 4.57. The molecule has 0 radical (unpaired) electrons. The van der Waals surface area contributed by atoms with Crippen LogP contribution in [0.5, 0.6) is 0 Å². The van der Waals surface area contributed by atoms with Gasteiger partial charge in [-0.2, -0.15) is 4.52 Å². The number of aromatic nitrogens is 3. The number of fused-ring (bicyclic) bond motifs is 1. The zero-order valence-electron chi connectivity index (χ0n) is 15.3. The van der Waals surface area contributed by atoms with Gasteiger partial charge in [-0.3, -0.25) is 9.59 Å². The van der Waals surface area contributed by atoms with E-state index in [2.05, 4.69) is 32.4 Å². The Morgan fingerprint density at radius 3 is 2.79 bits per heavy atom. The molecule has 0 spiro atoms. The Kier molecular flexibility index (Phi) is 5.63. The molecule has 8 nitrogen and oxygen atoms in total. The monoisotopic (exact) mass is 399 g/mol. The van der Waals surface area contributed by atoms with Crippen LogP contribution in [0.1, 0.15) is 22.3 Å². The van der Waals surface area contributed by atoms with Gasteiger partial charge in [0.15, 0.2) is 0 Å². The number of nitrogens with zero attached hydrogens (tertiary/aromatic N) is 4. The lowest BCUT2D eigenvalue weighted by Gasteiger charge is -2.25. The highest BCUT2D eigenvalue weighted by molar-refractivity contribution is 7.20. The molecule has 0 aliphatic carbocycles. The Balaban J connectivity index is 1.42. The standard InChI is InChI=1S/C19H21N5O3S/c25-16(20-8-4-7-14-5-2-1-3-6-14)15-13-21-18-24(17(15)26)22-19(28-18)23-9-11-27-12-10-23/h1-3,5-6,13H,4,7-12H2,(H,20,25). The van der Waals surface area contributed by atoms with E-state index in [0.717, 1.165) is 25.9 Å². The lowest BCUT2D eigenvalue weighted by Crippen LogP contribution is -2.36. The van der Waals surface area contributed by atoms with Gasteiger partial charge in [-0.05, 0) is 18.4 Å². The SMILES string of the molecule is O=C(NCCCc1ccccc1)c1cnc2sc(N3CCOCC3)nn2c1=O. The summed E-state index contributed by atoms with van der Waals surface area (Å²) in [6.45, 7) is 3.21. The number of aryl methyl sites for hydroxylation is 1. The summed E-state index contributed by atoms with van der Waals surface area (Å²) in [5.74, 6) is -0.416. The van der Waals surface area contributed by atoms with Crippen molar-refractivity contribution in [3.05, 3.63) is 58.0 Å². The third-order valence-corrected chi connectivity index (χ3v) is 5.56. The Labute approximate surface area is 165 Å². The lowest BCUT2D eigenvalue weighted by molar-refractivity contribution is 0.0951. The van der Waals surface area contributed by atoms with Crippen molar-refractivity contribution in [1.82, 2.24) is 19.9 Å². The molecule has 1 N–H and O–H groups in total. The number of nitrogens with one attached hydrogen (secondary N) is 1. The Morgan fingerprint density at radius 1 is 1.21 bits per heavy atom. The number of rotatable bonds is 6. The van der Waals surface area contributed by atoms with Crippen molar-refractivity contribution < 1.29 is 9.53 Å². The number of amides is 1. The summed E-state index contributed by atoms with van der Waals surface area (Å²) in [5.41, 5.74) is 0.787. The maximum absolute atomic E-state index is 12.7. The summed E-state index contributed by atoms with van der Waals surface area (Å²) in [5, 5.41) is 7.88. The van der Waals surface area contributed by atoms with Crippen molar-refractivity contribution in [2.75, 3.05) is 37.7 Å². The number of hydrogen-bond acceptors (Lipinski definition) is 7. The van der Waals surface area contributed by atoms with Crippen LogP contribution in [-0.4, -0.2) is 53.4 Å². The first kappa shape index (κ1) is 18.6. The number of hydrogen-bond donors (Lipinski definition) is 1. The van der Waals surface area contributed by atoms with Gasteiger partial charge in [-0.25, -0.2) is 4.98 Å². The van der Waals surface area contributed by atoms with Crippen molar-refractivity contribution in [3.8, 4) is 0 Å². The van der Waals surface area contributed by atoms with Crippen LogP contribution in [0.15, 0.2) is 41.3 Å². The molecule has 1 saturated heterocycles. The second kappa shape index (κ2) is 8.49. The van der Waals surface area contributed by atoms with Crippen LogP contribution >= 0.6 is 11.3 Å². The van der Waals surface area contributed by atoms with Gasteiger partial charge in [0, 0.05) is 25.8 Å². The molecule has 1 aliphatic heterocycles. The van der Waals surface area contributed by atoms with E-state index < -0.39 is 11.5 Å². The molecule has 2 aromatic heterocycles. The average Bonchev–Trinajstić information content (AvgIpc) is 3.18. The molecule has 1 aliphatic rings. The van der Waals surface area contributed by atoms with Gasteiger partial charge >= 0.3 is 0 Å². The van der Waals surface area contributed by atoms with Gasteiger partial charge in [0.1, 0.15) is 5.56 Å². The summed E-state index contributed by atoms with van der Waals surface area (Å²) in [7, 11) is 0. The zero-order chi connectivity index (χ0) is 19.3. The zero-order valence-corrected chi connectivity index (χ0v) is 16.2. The minimum atomic E-state index is -0.443. The molecule has 1 fully saturated rings. The minimum Gasteiger partial charge on any atom is -0.378 e. The second-order valence-corrected chi connectivity index (χ2v) is 7.43. The fourth-order valence-electron chi connectivity index (χ4n) is 3.05. The molecular weight excluding hydrogens is 378 g/mol. The lowest BCUT2D eigenvalue weighted by atomic mass is 10.1. The number of benzene rings is 1. The predicted octanol–water partition coefficient (Wildman–Crippen LogP) is 1.35. The minimum absolute atomic E-state index is 0.0102. The smallest absolute Gasteiger partial charge is 0.288 e. The average molecular weight is 399 g/mol. The number of anilines is 1. The normalized spacial score (nSPS) is 14.4. The summed E-state index contributed by atoms with van der Waals surface area (Å²) in [6.07, 6.45) is 3.00. The van der Waals surface area contributed by atoms with E-state index in [-0.39, 0.29) is 5.56 Å². The fraction of sp³-hybridized carbons (Fsp3) is 0.368. The molecule has 0 saturated carbocycles. The highest BCUT2D eigenvalue weighted by atomic mass is 32.1. The van der Waals surface area contributed by atoms with Crippen LogP contribution in [0, 0.1) is 0 Å². The highest BCUT2D eigenvalue weighted by Gasteiger charge is 2.19. The first-order valence-corrected chi connectivity index (χ1v) is 10.1. The fourth-order valence-corrected chi connectivity index (χ4v) is 3.96. The predicted molar refractivity (Wildman–Crippen MR) is 107 cm³/mol. The second-order valence-electron chi connectivity index (χ2n) is 6.50. The molecule has 146 valence electrons. The van der Waals surface area contributed by atoms with Crippen molar-refractivity contribution in [1.29, 1.82) is 0 Å². The topological polar surface area (TPSA) is 88.8 Å². The molecular formula is C19H21N5O3S. The van der Waals surface area contributed by atoms with E-state index >= 15 is 0 Å². The van der Waals surface area contributed by atoms with Gasteiger partial charge in [0.25, 0.3) is 11.5 Å². The Bertz CT molecular complexity index is 1010. The Morgan fingerprint density at radius 2 is 2.00 bits per heavy atom. The van der Waals surface area contributed by atoms with Crippen molar-refractivity contribution in [2.45, 2.75) is 12.8 Å². The van der Waals surface area contributed by atoms with Crippen LogP contribution in [0.4, 0.5) is 5.13 Å².